The van der Waals surface area contributed by atoms with E-state index in [0.717, 1.165) is 16.9 Å². The van der Waals surface area contributed by atoms with E-state index in [1.165, 1.54) is 18.9 Å². The number of aromatic nitrogens is 1. The predicted molar refractivity (Wildman–Crippen MR) is 106 cm³/mol. The Labute approximate surface area is 163 Å². The molecule has 6 heteroatoms. The standard InChI is InChI=1S/C22H21N3O3/c1-14-7-8-19(15(2)9-14)28-13-16-5-4-6-18(10-16)25-12-17(11-23)20(24)21(25)22(26)27-3/h4-10,12H,13,24H2,1-3H3. The van der Waals surface area contributed by atoms with E-state index < -0.39 is 5.97 Å². The monoisotopic (exact) mass is 375 g/mol. The molecular weight excluding hydrogens is 354 g/mol. The van der Waals surface area contributed by atoms with Crippen molar-refractivity contribution in [3.05, 3.63) is 76.6 Å². The second-order valence-corrected chi connectivity index (χ2v) is 6.51. The van der Waals surface area contributed by atoms with Crippen molar-refractivity contribution in [3.8, 4) is 17.5 Å². The molecule has 142 valence electrons. The fourth-order valence-electron chi connectivity index (χ4n) is 3.04. The van der Waals surface area contributed by atoms with Crippen molar-refractivity contribution in [3.63, 3.8) is 0 Å². The van der Waals surface area contributed by atoms with Crippen LogP contribution in [-0.4, -0.2) is 17.6 Å². The van der Waals surface area contributed by atoms with Gasteiger partial charge in [0.1, 0.15) is 18.4 Å². The zero-order valence-electron chi connectivity index (χ0n) is 16.0. The second kappa shape index (κ2) is 7.89. The van der Waals surface area contributed by atoms with E-state index in [2.05, 4.69) is 6.07 Å². The molecule has 0 saturated carbocycles. The van der Waals surface area contributed by atoms with Gasteiger partial charge >= 0.3 is 5.97 Å². The van der Waals surface area contributed by atoms with Crippen LogP contribution in [0.1, 0.15) is 32.7 Å². The van der Waals surface area contributed by atoms with Crippen molar-refractivity contribution < 1.29 is 14.3 Å². The zero-order valence-corrected chi connectivity index (χ0v) is 16.0. The molecule has 1 aromatic heterocycles. The van der Waals surface area contributed by atoms with Crippen molar-refractivity contribution in [2.75, 3.05) is 12.8 Å². The molecule has 3 rings (SSSR count). The summed E-state index contributed by atoms with van der Waals surface area (Å²) < 4.78 is 12.3. The lowest BCUT2D eigenvalue weighted by molar-refractivity contribution is 0.0593. The molecule has 3 aromatic rings. The molecule has 0 bridgehead atoms. The van der Waals surface area contributed by atoms with Gasteiger partial charge in [0.25, 0.3) is 0 Å². The van der Waals surface area contributed by atoms with Crippen LogP contribution in [0.2, 0.25) is 0 Å². The van der Waals surface area contributed by atoms with Gasteiger partial charge in [0, 0.05) is 11.9 Å². The summed E-state index contributed by atoms with van der Waals surface area (Å²) in [4.78, 5) is 12.2. The first-order chi connectivity index (χ1) is 13.4. The SMILES string of the molecule is COC(=O)c1c(N)c(C#N)cn1-c1cccc(COc2ccc(C)cc2C)c1. The number of carbonyl (C=O) groups excluding carboxylic acids is 1. The molecule has 0 saturated heterocycles. The summed E-state index contributed by atoms with van der Waals surface area (Å²) in [6, 6.07) is 15.5. The van der Waals surface area contributed by atoms with Gasteiger partial charge in [-0.1, -0.05) is 29.8 Å². The molecule has 0 atom stereocenters. The van der Waals surface area contributed by atoms with Crippen LogP contribution in [0.3, 0.4) is 0 Å². The molecule has 28 heavy (non-hydrogen) atoms. The average Bonchev–Trinajstić information content (AvgIpc) is 3.03. The quantitative estimate of drug-likeness (QED) is 0.683. The number of carbonyl (C=O) groups is 1. The number of rotatable bonds is 5. The predicted octanol–water partition coefficient (Wildman–Crippen LogP) is 3.91. The fourth-order valence-corrected chi connectivity index (χ4v) is 3.04. The van der Waals surface area contributed by atoms with Crippen LogP contribution < -0.4 is 10.5 Å². The smallest absolute Gasteiger partial charge is 0.357 e. The lowest BCUT2D eigenvalue weighted by atomic mass is 10.1. The van der Waals surface area contributed by atoms with Gasteiger partial charge in [-0.3, -0.25) is 0 Å². The number of esters is 1. The van der Waals surface area contributed by atoms with Crippen LogP contribution >= 0.6 is 0 Å². The number of nitrogens with two attached hydrogens (primary N) is 1. The Kier molecular flexibility index (Phi) is 5.37. The van der Waals surface area contributed by atoms with Crippen molar-refractivity contribution in [2.24, 2.45) is 0 Å². The largest absolute Gasteiger partial charge is 0.489 e. The molecule has 0 radical (unpaired) electrons. The van der Waals surface area contributed by atoms with Crippen LogP contribution in [0.5, 0.6) is 5.75 Å². The summed E-state index contributed by atoms with van der Waals surface area (Å²) in [6.07, 6.45) is 1.53. The third-order valence-electron chi connectivity index (χ3n) is 4.46. The van der Waals surface area contributed by atoms with Crippen molar-refractivity contribution in [2.45, 2.75) is 20.5 Å². The van der Waals surface area contributed by atoms with Gasteiger partial charge in [0.15, 0.2) is 5.69 Å². The summed E-state index contributed by atoms with van der Waals surface area (Å²) in [5, 5.41) is 9.25. The lowest BCUT2D eigenvalue weighted by Gasteiger charge is -2.12. The molecule has 0 amide bonds. The number of hydrogen-bond donors (Lipinski definition) is 1. The zero-order chi connectivity index (χ0) is 20.3. The van der Waals surface area contributed by atoms with E-state index in [-0.39, 0.29) is 16.9 Å². The topological polar surface area (TPSA) is 90.3 Å². The first kappa shape index (κ1) is 19.1. The number of methoxy groups -OCH3 is 1. The van der Waals surface area contributed by atoms with E-state index in [0.29, 0.717) is 12.3 Å². The Hall–Kier alpha value is -3.72. The average molecular weight is 375 g/mol. The van der Waals surface area contributed by atoms with Gasteiger partial charge < -0.3 is 19.8 Å². The molecule has 0 unspecified atom stereocenters. The number of nitriles is 1. The molecule has 0 aliphatic heterocycles. The fraction of sp³-hybridized carbons (Fsp3) is 0.182. The summed E-state index contributed by atoms with van der Waals surface area (Å²) in [6.45, 7) is 4.41. The highest BCUT2D eigenvalue weighted by Crippen LogP contribution is 2.26. The minimum Gasteiger partial charge on any atom is -0.489 e. The number of benzene rings is 2. The number of nitrogen functional groups attached to an aromatic ring is 1. The number of nitrogens with zero attached hydrogens (tertiary/aromatic N) is 2. The second-order valence-electron chi connectivity index (χ2n) is 6.51. The lowest BCUT2D eigenvalue weighted by Crippen LogP contribution is -2.11. The van der Waals surface area contributed by atoms with E-state index in [1.54, 1.807) is 4.57 Å². The molecule has 0 aliphatic carbocycles. The molecule has 2 N–H and O–H groups in total. The van der Waals surface area contributed by atoms with Crippen LogP contribution in [0.4, 0.5) is 5.69 Å². The Bertz CT molecular complexity index is 1080. The van der Waals surface area contributed by atoms with Crippen LogP contribution in [0.15, 0.2) is 48.7 Å². The Balaban J connectivity index is 1.92. The Morgan fingerprint density at radius 2 is 2.00 bits per heavy atom. The Morgan fingerprint density at radius 3 is 2.68 bits per heavy atom. The molecule has 2 aromatic carbocycles. The maximum atomic E-state index is 12.2. The maximum absolute atomic E-state index is 12.2. The molecule has 0 spiro atoms. The van der Waals surface area contributed by atoms with E-state index in [4.69, 9.17) is 15.2 Å². The third-order valence-corrected chi connectivity index (χ3v) is 4.46. The van der Waals surface area contributed by atoms with E-state index in [9.17, 15) is 10.1 Å². The van der Waals surface area contributed by atoms with Crippen molar-refractivity contribution >= 4 is 11.7 Å². The summed E-state index contributed by atoms with van der Waals surface area (Å²) >= 11 is 0. The summed E-state index contributed by atoms with van der Waals surface area (Å²) in [5.74, 6) is 0.221. The molecule has 0 aliphatic rings. The molecule has 1 heterocycles. The first-order valence-corrected chi connectivity index (χ1v) is 8.73. The highest BCUT2D eigenvalue weighted by atomic mass is 16.5. The van der Waals surface area contributed by atoms with Crippen molar-refractivity contribution in [1.82, 2.24) is 4.57 Å². The van der Waals surface area contributed by atoms with Gasteiger partial charge in [-0.05, 0) is 43.2 Å². The minimum absolute atomic E-state index is 0.103. The first-order valence-electron chi connectivity index (χ1n) is 8.73. The number of aryl methyl sites for hydroxylation is 2. The molecular formula is C22H21N3O3. The van der Waals surface area contributed by atoms with E-state index in [1.807, 2.05) is 56.3 Å². The van der Waals surface area contributed by atoms with E-state index >= 15 is 0 Å². The summed E-state index contributed by atoms with van der Waals surface area (Å²) in [5.41, 5.74) is 10.3. The number of anilines is 1. The molecule has 0 fully saturated rings. The highest BCUT2D eigenvalue weighted by molar-refractivity contribution is 5.95. The third kappa shape index (κ3) is 3.69. The highest BCUT2D eigenvalue weighted by Gasteiger charge is 2.21. The van der Waals surface area contributed by atoms with Gasteiger partial charge in [-0.25, -0.2) is 4.79 Å². The van der Waals surface area contributed by atoms with Gasteiger partial charge in [-0.15, -0.1) is 0 Å². The maximum Gasteiger partial charge on any atom is 0.357 e. The number of ether oxygens (including phenoxy) is 2. The summed E-state index contributed by atoms with van der Waals surface area (Å²) in [7, 11) is 1.28. The molecule has 6 nitrogen and oxygen atoms in total. The van der Waals surface area contributed by atoms with Gasteiger partial charge in [-0.2, -0.15) is 5.26 Å². The van der Waals surface area contributed by atoms with Gasteiger partial charge in [0.2, 0.25) is 0 Å². The van der Waals surface area contributed by atoms with Crippen molar-refractivity contribution in [1.29, 1.82) is 5.26 Å². The Morgan fingerprint density at radius 1 is 1.21 bits per heavy atom. The minimum atomic E-state index is -0.601. The van der Waals surface area contributed by atoms with Gasteiger partial charge in [0.05, 0.1) is 18.4 Å². The van der Waals surface area contributed by atoms with Crippen LogP contribution in [0, 0.1) is 25.2 Å². The number of hydrogen-bond acceptors (Lipinski definition) is 5. The van der Waals surface area contributed by atoms with Crippen LogP contribution in [-0.2, 0) is 11.3 Å². The van der Waals surface area contributed by atoms with Crippen LogP contribution in [0.25, 0.3) is 5.69 Å². The normalized spacial score (nSPS) is 10.4.